The van der Waals surface area contributed by atoms with Crippen LogP contribution in [0.25, 0.3) is 0 Å². The molecule has 0 heterocycles. The lowest BCUT2D eigenvalue weighted by Gasteiger charge is -1.84. The highest BCUT2D eigenvalue weighted by Crippen LogP contribution is 1.75. The predicted molar refractivity (Wildman–Crippen MR) is 41.3 cm³/mol. The minimum atomic E-state index is 0.998. The van der Waals surface area contributed by atoms with Gasteiger partial charge >= 0.3 is 0 Å². The molecule has 0 aliphatic rings. The molecular formula is C7H15N2+. The number of hydrogen-bond donors (Lipinski definition) is 0. The third kappa shape index (κ3) is 3.88. The fraction of sp³-hybridized carbons (Fsp3) is 0.714. The Morgan fingerprint density at radius 3 is 2.44 bits per heavy atom. The third-order valence-corrected chi connectivity index (χ3v) is 1.08. The molecule has 0 aliphatic carbocycles. The minimum Gasteiger partial charge on any atom is -0.0962 e. The summed E-state index contributed by atoms with van der Waals surface area (Å²) in [5.41, 5.74) is 1.21. The molecule has 0 spiro atoms. The summed E-state index contributed by atoms with van der Waals surface area (Å²) in [6.07, 6.45) is 2.89. The van der Waals surface area contributed by atoms with E-state index in [2.05, 4.69) is 12.0 Å². The standard InChI is InChI=1S/C7H15N2/c1-5-6-8-9(4)7(2)3/h6H,5H2,1-4H3/q+1. The smallest absolute Gasteiger partial charge is 0.0962 e. The quantitative estimate of drug-likeness (QED) is 0.303. The Balaban J connectivity index is 3.91. The van der Waals surface area contributed by atoms with Crippen molar-refractivity contribution in [2.24, 2.45) is 5.10 Å². The van der Waals surface area contributed by atoms with Crippen LogP contribution >= 0.6 is 0 Å². The Labute approximate surface area is 56.9 Å². The monoisotopic (exact) mass is 127 g/mol. The number of hydrogen-bond acceptors (Lipinski definition) is 1. The molecule has 0 atom stereocenters. The molecule has 0 saturated heterocycles. The van der Waals surface area contributed by atoms with E-state index in [1.165, 1.54) is 5.71 Å². The Morgan fingerprint density at radius 2 is 2.11 bits per heavy atom. The molecule has 9 heavy (non-hydrogen) atoms. The van der Waals surface area contributed by atoms with Crippen LogP contribution in [-0.2, 0) is 0 Å². The van der Waals surface area contributed by atoms with E-state index < -0.39 is 0 Å². The van der Waals surface area contributed by atoms with Crippen molar-refractivity contribution in [2.75, 3.05) is 7.05 Å². The van der Waals surface area contributed by atoms with Crippen molar-refractivity contribution >= 4 is 11.9 Å². The molecule has 2 nitrogen and oxygen atoms in total. The van der Waals surface area contributed by atoms with Crippen LogP contribution in [0.1, 0.15) is 27.2 Å². The van der Waals surface area contributed by atoms with Gasteiger partial charge in [0.25, 0.3) is 0 Å². The molecule has 0 N–H and O–H groups in total. The van der Waals surface area contributed by atoms with Crippen LogP contribution in [0.15, 0.2) is 5.10 Å². The normalized spacial score (nSPS) is 10.2. The molecule has 0 bridgehead atoms. The largest absolute Gasteiger partial charge is 0.178 e. The summed E-state index contributed by atoms with van der Waals surface area (Å²) in [5, 5.41) is 4.11. The van der Waals surface area contributed by atoms with Crippen molar-refractivity contribution in [1.29, 1.82) is 0 Å². The van der Waals surface area contributed by atoms with Gasteiger partial charge in [-0.1, -0.05) is 11.6 Å². The number of rotatable bonds is 2. The molecule has 0 radical (unpaired) electrons. The lowest BCUT2D eigenvalue weighted by molar-refractivity contribution is -0.502. The molecule has 0 unspecified atom stereocenters. The van der Waals surface area contributed by atoms with Crippen LogP contribution in [0.4, 0.5) is 0 Å². The van der Waals surface area contributed by atoms with E-state index in [1.807, 2.05) is 31.8 Å². The van der Waals surface area contributed by atoms with Crippen LogP contribution in [0.2, 0.25) is 0 Å². The fourth-order valence-corrected chi connectivity index (χ4v) is 0.320. The van der Waals surface area contributed by atoms with Gasteiger partial charge in [-0.2, -0.15) is 0 Å². The van der Waals surface area contributed by atoms with Crippen molar-refractivity contribution in [3.05, 3.63) is 0 Å². The Bertz CT molecular complexity index is 130. The highest BCUT2D eigenvalue weighted by Gasteiger charge is 1.91. The van der Waals surface area contributed by atoms with Crippen LogP contribution in [0, 0.1) is 0 Å². The van der Waals surface area contributed by atoms with E-state index in [-0.39, 0.29) is 0 Å². The highest BCUT2D eigenvalue weighted by atomic mass is 15.3. The van der Waals surface area contributed by atoms with Crippen molar-refractivity contribution in [3.8, 4) is 0 Å². The van der Waals surface area contributed by atoms with E-state index >= 15 is 0 Å². The van der Waals surface area contributed by atoms with Crippen molar-refractivity contribution in [2.45, 2.75) is 27.2 Å². The number of hydrazone groups is 1. The maximum Gasteiger partial charge on any atom is 0.178 e. The van der Waals surface area contributed by atoms with Crippen LogP contribution in [0.5, 0.6) is 0 Å². The van der Waals surface area contributed by atoms with Gasteiger partial charge in [-0.3, -0.25) is 0 Å². The van der Waals surface area contributed by atoms with Gasteiger partial charge in [0.2, 0.25) is 0 Å². The molecule has 0 aromatic rings. The topological polar surface area (TPSA) is 15.4 Å². The van der Waals surface area contributed by atoms with Crippen LogP contribution in [-0.4, -0.2) is 23.7 Å². The van der Waals surface area contributed by atoms with E-state index in [0.717, 1.165) is 6.42 Å². The van der Waals surface area contributed by atoms with Crippen molar-refractivity contribution in [3.63, 3.8) is 0 Å². The summed E-state index contributed by atoms with van der Waals surface area (Å²) < 4.78 is 1.86. The van der Waals surface area contributed by atoms with E-state index in [9.17, 15) is 0 Å². The van der Waals surface area contributed by atoms with Crippen molar-refractivity contribution < 1.29 is 4.68 Å². The first-order valence-corrected chi connectivity index (χ1v) is 3.24. The average Bonchev–Trinajstić information content (AvgIpc) is 1.82. The summed E-state index contributed by atoms with van der Waals surface area (Å²) in [5.74, 6) is 0. The van der Waals surface area contributed by atoms with Crippen molar-refractivity contribution in [1.82, 2.24) is 0 Å². The Hall–Kier alpha value is -0.660. The summed E-state index contributed by atoms with van der Waals surface area (Å²) in [7, 11) is 1.95. The van der Waals surface area contributed by atoms with E-state index in [4.69, 9.17) is 0 Å². The van der Waals surface area contributed by atoms with Gasteiger partial charge in [0.1, 0.15) is 0 Å². The second-order valence-electron chi connectivity index (χ2n) is 2.18. The van der Waals surface area contributed by atoms with E-state index in [0.29, 0.717) is 0 Å². The van der Waals surface area contributed by atoms with Gasteiger partial charge in [-0.25, -0.2) is 0 Å². The maximum absolute atomic E-state index is 4.11. The van der Waals surface area contributed by atoms with Gasteiger partial charge < -0.3 is 0 Å². The first-order chi connectivity index (χ1) is 4.18. The second kappa shape index (κ2) is 4.24. The Morgan fingerprint density at radius 1 is 1.56 bits per heavy atom. The molecule has 0 amide bonds. The molecular weight excluding hydrogens is 112 g/mol. The maximum atomic E-state index is 4.11. The van der Waals surface area contributed by atoms with Gasteiger partial charge in [0, 0.05) is 13.8 Å². The summed E-state index contributed by atoms with van der Waals surface area (Å²) in [6, 6.07) is 0. The fourth-order valence-electron chi connectivity index (χ4n) is 0.320. The summed E-state index contributed by atoms with van der Waals surface area (Å²) in [6.45, 7) is 6.14. The Kier molecular flexibility index (Phi) is 3.93. The van der Waals surface area contributed by atoms with Crippen LogP contribution < -0.4 is 0 Å². The molecule has 2 heteroatoms. The zero-order chi connectivity index (χ0) is 7.28. The zero-order valence-corrected chi connectivity index (χ0v) is 6.68. The van der Waals surface area contributed by atoms with Gasteiger partial charge in [0.15, 0.2) is 12.8 Å². The number of nitrogens with zero attached hydrogens (tertiary/aromatic N) is 2. The summed E-state index contributed by atoms with van der Waals surface area (Å²) in [4.78, 5) is 0. The van der Waals surface area contributed by atoms with Gasteiger partial charge in [-0.15, -0.1) is 0 Å². The lowest BCUT2D eigenvalue weighted by atomic mass is 10.5. The first-order valence-electron chi connectivity index (χ1n) is 3.24. The molecule has 52 valence electrons. The zero-order valence-electron chi connectivity index (χ0n) is 6.68. The third-order valence-electron chi connectivity index (χ3n) is 1.08. The highest BCUT2D eigenvalue weighted by molar-refractivity contribution is 5.74. The van der Waals surface area contributed by atoms with Gasteiger partial charge in [0.05, 0.1) is 6.21 Å². The molecule has 0 aromatic heterocycles. The first kappa shape index (κ1) is 8.34. The predicted octanol–water partition coefficient (Wildman–Crippen LogP) is 1.51. The SMILES string of the molecule is CCC=N[N+](C)=C(C)C. The average molecular weight is 127 g/mol. The molecule has 0 aromatic carbocycles. The molecule has 0 aliphatic heterocycles. The molecule has 0 fully saturated rings. The second-order valence-corrected chi connectivity index (χ2v) is 2.18. The summed E-state index contributed by atoms with van der Waals surface area (Å²) >= 11 is 0. The molecule has 0 rings (SSSR count). The minimum absolute atomic E-state index is 0.998. The van der Waals surface area contributed by atoms with E-state index in [1.54, 1.807) is 0 Å². The van der Waals surface area contributed by atoms with Gasteiger partial charge in [-0.05, 0) is 11.5 Å². The van der Waals surface area contributed by atoms with Crippen LogP contribution in [0.3, 0.4) is 0 Å². The molecule has 0 saturated carbocycles. The lowest BCUT2D eigenvalue weighted by Crippen LogP contribution is -2.04.